The number of hydrogen-bond acceptors (Lipinski definition) is 6. The van der Waals surface area contributed by atoms with E-state index in [1.807, 2.05) is 27.0 Å². The van der Waals surface area contributed by atoms with Crippen molar-refractivity contribution in [1.82, 2.24) is 16.0 Å². The number of carbonyl (C=O) groups is 4. The Labute approximate surface area is 183 Å². The molecule has 174 valence electrons. The van der Waals surface area contributed by atoms with E-state index >= 15 is 0 Å². The summed E-state index contributed by atoms with van der Waals surface area (Å²) < 4.78 is 0. The highest BCUT2D eigenvalue weighted by Gasteiger charge is 2.31. The first kappa shape index (κ1) is 28.2. The molecule has 0 saturated heterocycles. The fourth-order valence-corrected chi connectivity index (χ4v) is 3.19. The van der Waals surface area contributed by atoms with E-state index in [4.69, 9.17) is 5.73 Å². The Kier molecular flexibility index (Phi) is 13.4. The Balaban J connectivity index is 5.42. The minimum absolute atomic E-state index is 0.120. The zero-order chi connectivity index (χ0) is 23.4. The maximum Gasteiger partial charge on any atom is 0.326 e. The highest BCUT2D eigenvalue weighted by molar-refractivity contribution is 7.98. The smallest absolute Gasteiger partial charge is 0.326 e. The number of carboxylic acid groups (broad SMARTS) is 1. The van der Waals surface area contributed by atoms with Crippen LogP contribution in [0, 0.1) is 11.8 Å². The predicted octanol–water partition coefficient (Wildman–Crippen LogP) is 0.718. The minimum Gasteiger partial charge on any atom is -0.480 e. The molecule has 5 unspecified atom stereocenters. The van der Waals surface area contributed by atoms with Gasteiger partial charge in [0.05, 0.1) is 6.04 Å². The number of hydrogen-bond donors (Lipinski definition) is 5. The molecule has 0 aliphatic rings. The van der Waals surface area contributed by atoms with Gasteiger partial charge in [-0.05, 0) is 43.6 Å². The lowest BCUT2D eigenvalue weighted by atomic mass is 9.98. The van der Waals surface area contributed by atoms with Crippen molar-refractivity contribution in [2.24, 2.45) is 17.6 Å². The predicted molar refractivity (Wildman–Crippen MR) is 119 cm³/mol. The summed E-state index contributed by atoms with van der Waals surface area (Å²) in [6, 6.07) is -3.55. The Morgan fingerprint density at radius 3 is 1.90 bits per heavy atom. The standard InChI is InChI=1S/C20H38N4O5S/c1-7-12(4)16(20(28)29)24-18(26)14(8-9-30-6)22-19(27)15(10-11(2)3)23-17(25)13(5)21/h11-16H,7-10,21H2,1-6H3,(H,22,27)(H,23,25)(H,24,26)(H,28,29). The van der Waals surface area contributed by atoms with Crippen molar-refractivity contribution in [3.8, 4) is 0 Å². The molecule has 0 fully saturated rings. The molecule has 9 nitrogen and oxygen atoms in total. The van der Waals surface area contributed by atoms with Crippen LogP contribution in [-0.4, -0.2) is 65.0 Å². The molecular formula is C20H38N4O5S. The third-order valence-corrected chi connectivity index (χ3v) is 5.42. The molecule has 0 rings (SSSR count). The fourth-order valence-electron chi connectivity index (χ4n) is 2.72. The topological polar surface area (TPSA) is 151 Å². The second-order valence-corrected chi connectivity index (χ2v) is 9.02. The van der Waals surface area contributed by atoms with Crippen molar-refractivity contribution in [1.29, 1.82) is 0 Å². The molecule has 0 spiro atoms. The molecule has 5 atom stereocenters. The lowest BCUT2D eigenvalue weighted by molar-refractivity contribution is -0.143. The van der Waals surface area contributed by atoms with Gasteiger partial charge in [0.2, 0.25) is 17.7 Å². The van der Waals surface area contributed by atoms with E-state index in [1.165, 1.54) is 18.7 Å². The molecule has 0 heterocycles. The van der Waals surface area contributed by atoms with Crippen LogP contribution < -0.4 is 21.7 Å². The van der Waals surface area contributed by atoms with Gasteiger partial charge in [0.15, 0.2) is 0 Å². The molecule has 0 aliphatic carbocycles. The van der Waals surface area contributed by atoms with E-state index in [0.29, 0.717) is 25.0 Å². The van der Waals surface area contributed by atoms with Gasteiger partial charge < -0.3 is 26.8 Å². The molecule has 0 saturated carbocycles. The van der Waals surface area contributed by atoms with E-state index in [2.05, 4.69) is 16.0 Å². The summed E-state index contributed by atoms with van der Waals surface area (Å²) in [5, 5.41) is 17.3. The number of rotatable bonds is 14. The molecule has 30 heavy (non-hydrogen) atoms. The molecule has 10 heteroatoms. The third-order valence-electron chi connectivity index (χ3n) is 4.77. The number of carbonyl (C=O) groups excluding carboxylic acids is 3. The first-order valence-electron chi connectivity index (χ1n) is 10.3. The average molecular weight is 447 g/mol. The number of nitrogens with one attached hydrogen (secondary N) is 3. The summed E-state index contributed by atoms with van der Waals surface area (Å²) in [5.41, 5.74) is 5.59. The second kappa shape index (κ2) is 14.2. The van der Waals surface area contributed by atoms with Gasteiger partial charge in [-0.15, -0.1) is 0 Å². The van der Waals surface area contributed by atoms with E-state index in [-0.39, 0.29) is 11.8 Å². The first-order valence-corrected chi connectivity index (χ1v) is 11.7. The summed E-state index contributed by atoms with van der Waals surface area (Å²) in [5.74, 6) is -2.16. The van der Waals surface area contributed by atoms with Crippen LogP contribution in [0.15, 0.2) is 0 Å². The van der Waals surface area contributed by atoms with E-state index in [1.54, 1.807) is 6.92 Å². The minimum atomic E-state index is -1.12. The summed E-state index contributed by atoms with van der Waals surface area (Å²) in [7, 11) is 0. The monoisotopic (exact) mass is 446 g/mol. The zero-order valence-corrected chi connectivity index (χ0v) is 19.7. The number of thioether (sulfide) groups is 1. The number of amides is 3. The van der Waals surface area contributed by atoms with Crippen molar-refractivity contribution in [3.63, 3.8) is 0 Å². The molecular weight excluding hydrogens is 408 g/mol. The molecule has 0 aromatic heterocycles. The van der Waals surface area contributed by atoms with Gasteiger partial charge in [-0.25, -0.2) is 4.79 Å². The number of aliphatic carboxylic acids is 1. The average Bonchev–Trinajstić information content (AvgIpc) is 2.66. The quantitative estimate of drug-likeness (QED) is 0.264. The number of nitrogens with two attached hydrogens (primary N) is 1. The van der Waals surface area contributed by atoms with Crippen LogP contribution in [-0.2, 0) is 19.2 Å². The van der Waals surface area contributed by atoms with E-state index in [9.17, 15) is 24.3 Å². The Morgan fingerprint density at radius 2 is 1.47 bits per heavy atom. The lowest BCUT2D eigenvalue weighted by Crippen LogP contribution is -2.57. The van der Waals surface area contributed by atoms with E-state index in [0.717, 1.165) is 0 Å². The Morgan fingerprint density at radius 1 is 0.933 bits per heavy atom. The van der Waals surface area contributed by atoms with Crippen molar-refractivity contribution < 1.29 is 24.3 Å². The van der Waals surface area contributed by atoms with Crippen LogP contribution in [0.5, 0.6) is 0 Å². The van der Waals surface area contributed by atoms with Crippen molar-refractivity contribution in [2.75, 3.05) is 12.0 Å². The largest absolute Gasteiger partial charge is 0.480 e. The molecule has 0 aliphatic heterocycles. The summed E-state index contributed by atoms with van der Waals surface area (Å²) in [6.07, 6.45) is 3.17. The van der Waals surface area contributed by atoms with E-state index < -0.39 is 47.9 Å². The van der Waals surface area contributed by atoms with Crippen LogP contribution >= 0.6 is 11.8 Å². The van der Waals surface area contributed by atoms with Gasteiger partial charge in [0, 0.05) is 0 Å². The molecule has 0 radical (unpaired) electrons. The summed E-state index contributed by atoms with van der Waals surface area (Å²) >= 11 is 1.51. The number of carboxylic acids is 1. The normalized spacial score (nSPS) is 16.1. The summed E-state index contributed by atoms with van der Waals surface area (Å²) in [6.45, 7) is 8.95. The highest BCUT2D eigenvalue weighted by Crippen LogP contribution is 2.11. The Hall–Kier alpha value is -1.81. The van der Waals surface area contributed by atoms with Gasteiger partial charge in [0.1, 0.15) is 18.1 Å². The first-order chi connectivity index (χ1) is 13.9. The maximum atomic E-state index is 12.9. The van der Waals surface area contributed by atoms with Crippen LogP contribution in [0.3, 0.4) is 0 Å². The fraction of sp³-hybridized carbons (Fsp3) is 0.800. The lowest BCUT2D eigenvalue weighted by Gasteiger charge is -2.27. The van der Waals surface area contributed by atoms with Gasteiger partial charge >= 0.3 is 5.97 Å². The van der Waals surface area contributed by atoms with Gasteiger partial charge in [-0.1, -0.05) is 34.1 Å². The van der Waals surface area contributed by atoms with Crippen molar-refractivity contribution in [2.45, 2.75) is 78.0 Å². The van der Waals surface area contributed by atoms with Crippen LogP contribution in [0.4, 0.5) is 0 Å². The SMILES string of the molecule is CCC(C)C(NC(=O)C(CCSC)NC(=O)C(CC(C)C)NC(=O)C(C)N)C(=O)O. The maximum absolute atomic E-state index is 12.9. The molecule has 3 amide bonds. The highest BCUT2D eigenvalue weighted by atomic mass is 32.2. The van der Waals surface area contributed by atoms with Crippen molar-refractivity contribution >= 4 is 35.5 Å². The van der Waals surface area contributed by atoms with Gasteiger partial charge in [0.25, 0.3) is 0 Å². The second-order valence-electron chi connectivity index (χ2n) is 8.03. The third kappa shape index (κ3) is 10.3. The van der Waals surface area contributed by atoms with Crippen molar-refractivity contribution in [3.05, 3.63) is 0 Å². The molecule has 0 bridgehead atoms. The molecule has 0 aromatic rings. The van der Waals surface area contributed by atoms with Crippen LogP contribution in [0.1, 0.15) is 53.9 Å². The summed E-state index contributed by atoms with van der Waals surface area (Å²) in [4.78, 5) is 49.2. The van der Waals surface area contributed by atoms with Crippen LogP contribution in [0.25, 0.3) is 0 Å². The Bertz CT molecular complexity index is 586. The van der Waals surface area contributed by atoms with Crippen LogP contribution in [0.2, 0.25) is 0 Å². The van der Waals surface area contributed by atoms with Gasteiger partial charge in [-0.2, -0.15) is 11.8 Å². The molecule has 6 N–H and O–H groups in total. The zero-order valence-electron chi connectivity index (χ0n) is 18.9. The van der Waals surface area contributed by atoms with Gasteiger partial charge in [-0.3, -0.25) is 14.4 Å². The molecule has 0 aromatic carbocycles.